The van der Waals surface area contributed by atoms with Gasteiger partial charge >= 0.3 is 0 Å². The predicted octanol–water partition coefficient (Wildman–Crippen LogP) is 4.54. The highest BCUT2D eigenvalue weighted by atomic mass is 79.9. The fraction of sp³-hybridized carbons (Fsp3) is 0.143. The molecule has 0 amide bonds. The number of benzene rings is 2. The minimum atomic E-state index is 0.273. The Bertz CT molecular complexity index is 588. The summed E-state index contributed by atoms with van der Waals surface area (Å²) in [6.45, 7) is 0.525. The van der Waals surface area contributed by atoms with E-state index < -0.39 is 0 Å². The summed E-state index contributed by atoms with van der Waals surface area (Å²) in [6, 6.07) is 11.1. The highest BCUT2D eigenvalue weighted by molar-refractivity contribution is 9.10. The Morgan fingerprint density at radius 2 is 1.95 bits per heavy atom. The molecule has 3 nitrogen and oxygen atoms in total. The van der Waals surface area contributed by atoms with Gasteiger partial charge in [0.15, 0.2) is 0 Å². The minimum Gasteiger partial charge on any atom is -0.508 e. The van der Waals surface area contributed by atoms with Crippen molar-refractivity contribution in [3.8, 4) is 11.5 Å². The molecule has 0 aliphatic rings. The lowest BCUT2D eigenvalue weighted by molar-refractivity contribution is 0.415. The summed E-state index contributed by atoms with van der Waals surface area (Å²) in [6.07, 6.45) is 0. The summed E-state index contributed by atoms with van der Waals surface area (Å²) in [4.78, 5) is 0. The van der Waals surface area contributed by atoms with Crippen molar-refractivity contribution in [2.45, 2.75) is 6.54 Å². The number of methoxy groups -OCH3 is 1. The van der Waals surface area contributed by atoms with Crippen molar-refractivity contribution in [3.05, 3.63) is 50.9 Å². The number of anilines is 1. The SMILES string of the molecule is COc1ccc(Br)c(NCc2cc(Br)ccc2O)c1. The first-order valence-electron chi connectivity index (χ1n) is 5.65. The first kappa shape index (κ1) is 14.2. The highest BCUT2D eigenvalue weighted by Crippen LogP contribution is 2.29. The number of ether oxygens (including phenoxy) is 1. The van der Waals surface area contributed by atoms with Crippen LogP contribution >= 0.6 is 31.9 Å². The molecule has 0 bridgehead atoms. The average Bonchev–Trinajstić information content (AvgIpc) is 2.41. The zero-order valence-electron chi connectivity index (χ0n) is 10.3. The molecule has 0 aliphatic carbocycles. The molecule has 2 rings (SSSR count). The Morgan fingerprint density at radius 3 is 2.68 bits per heavy atom. The number of rotatable bonds is 4. The first-order valence-corrected chi connectivity index (χ1v) is 7.23. The molecule has 0 atom stereocenters. The first-order chi connectivity index (χ1) is 9.10. The predicted molar refractivity (Wildman–Crippen MR) is 83.8 cm³/mol. The summed E-state index contributed by atoms with van der Waals surface area (Å²) in [5, 5.41) is 13.1. The molecule has 100 valence electrons. The van der Waals surface area contributed by atoms with Crippen LogP contribution in [0.25, 0.3) is 0 Å². The Morgan fingerprint density at radius 1 is 1.16 bits per heavy atom. The van der Waals surface area contributed by atoms with E-state index in [9.17, 15) is 5.11 Å². The molecular formula is C14H13Br2NO2. The topological polar surface area (TPSA) is 41.5 Å². The Hall–Kier alpha value is -1.20. The fourth-order valence-corrected chi connectivity index (χ4v) is 2.45. The van der Waals surface area contributed by atoms with E-state index in [2.05, 4.69) is 37.2 Å². The molecule has 0 aromatic heterocycles. The second-order valence-corrected chi connectivity index (χ2v) is 5.74. The molecule has 19 heavy (non-hydrogen) atoms. The molecule has 2 N–H and O–H groups in total. The van der Waals surface area contributed by atoms with Crippen LogP contribution in [0.4, 0.5) is 5.69 Å². The smallest absolute Gasteiger partial charge is 0.121 e. The van der Waals surface area contributed by atoms with E-state index in [0.717, 1.165) is 25.9 Å². The van der Waals surface area contributed by atoms with E-state index in [4.69, 9.17) is 4.74 Å². The maximum atomic E-state index is 9.79. The van der Waals surface area contributed by atoms with Gasteiger partial charge in [-0.3, -0.25) is 0 Å². The highest BCUT2D eigenvalue weighted by Gasteiger charge is 2.05. The Balaban J connectivity index is 2.16. The summed E-state index contributed by atoms with van der Waals surface area (Å²) in [7, 11) is 1.63. The van der Waals surface area contributed by atoms with Gasteiger partial charge in [-0.2, -0.15) is 0 Å². The van der Waals surface area contributed by atoms with Gasteiger partial charge in [0.1, 0.15) is 11.5 Å². The summed E-state index contributed by atoms with van der Waals surface area (Å²) >= 11 is 6.87. The lowest BCUT2D eigenvalue weighted by Crippen LogP contribution is -2.01. The van der Waals surface area contributed by atoms with E-state index in [0.29, 0.717) is 6.54 Å². The molecule has 2 aromatic rings. The molecule has 0 heterocycles. The van der Waals surface area contributed by atoms with Gasteiger partial charge in [0.05, 0.1) is 12.8 Å². The van der Waals surface area contributed by atoms with Crippen LogP contribution in [0.15, 0.2) is 45.3 Å². The fourth-order valence-electron chi connectivity index (χ4n) is 1.65. The van der Waals surface area contributed by atoms with Crippen LogP contribution in [0.2, 0.25) is 0 Å². The summed E-state index contributed by atoms with van der Waals surface area (Å²) < 4.78 is 7.07. The third-order valence-corrected chi connectivity index (χ3v) is 3.87. The number of nitrogens with one attached hydrogen (secondary N) is 1. The molecule has 0 unspecified atom stereocenters. The third-order valence-electron chi connectivity index (χ3n) is 2.68. The van der Waals surface area contributed by atoms with Crippen LogP contribution in [0.3, 0.4) is 0 Å². The van der Waals surface area contributed by atoms with E-state index in [-0.39, 0.29) is 5.75 Å². The van der Waals surface area contributed by atoms with Gasteiger partial charge in [-0.15, -0.1) is 0 Å². The monoisotopic (exact) mass is 385 g/mol. The molecule has 0 saturated heterocycles. The average molecular weight is 387 g/mol. The van der Waals surface area contributed by atoms with Crippen LogP contribution < -0.4 is 10.1 Å². The molecule has 2 aromatic carbocycles. The molecular weight excluding hydrogens is 374 g/mol. The molecule has 5 heteroatoms. The molecule has 0 radical (unpaired) electrons. The number of hydrogen-bond donors (Lipinski definition) is 2. The van der Waals surface area contributed by atoms with E-state index in [1.165, 1.54) is 0 Å². The molecule has 0 saturated carbocycles. The molecule has 0 spiro atoms. The van der Waals surface area contributed by atoms with Gasteiger partial charge in [-0.25, -0.2) is 0 Å². The number of phenolic OH excluding ortho intramolecular Hbond substituents is 1. The van der Waals surface area contributed by atoms with Gasteiger partial charge in [-0.05, 0) is 46.3 Å². The van der Waals surface area contributed by atoms with E-state index >= 15 is 0 Å². The van der Waals surface area contributed by atoms with Crippen molar-refractivity contribution in [2.24, 2.45) is 0 Å². The minimum absolute atomic E-state index is 0.273. The van der Waals surface area contributed by atoms with Crippen molar-refractivity contribution in [1.29, 1.82) is 0 Å². The lowest BCUT2D eigenvalue weighted by Gasteiger charge is -2.11. The summed E-state index contributed by atoms with van der Waals surface area (Å²) in [5.74, 6) is 1.05. The van der Waals surface area contributed by atoms with Gasteiger partial charge in [-0.1, -0.05) is 15.9 Å². The van der Waals surface area contributed by atoms with Crippen molar-refractivity contribution < 1.29 is 9.84 Å². The van der Waals surface area contributed by atoms with Crippen molar-refractivity contribution in [2.75, 3.05) is 12.4 Å². The number of phenols is 1. The maximum Gasteiger partial charge on any atom is 0.121 e. The van der Waals surface area contributed by atoms with Gasteiger partial charge in [0, 0.05) is 27.1 Å². The van der Waals surface area contributed by atoms with Crippen molar-refractivity contribution >= 4 is 37.5 Å². The number of aromatic hydroxyl groups is 1. The van der Waals surface area contributed by atoms with Crippen molar-refractivity contribution in [1.82, 2.24) is 0 Å². The van der Waals surface area contributed by atoms with Crippen LogP contribution in [-0.2, 0) is 6.54 Å². The zero-order valence-corrected chi connectivity index (χ0v) is 13.5. The largest absolute Gasteiger partial charge is 0.508 e. The Kier molecular flexibility index (Phi) is 4.71. The van der Waals surface area contributed by atoms with Crippen molar-refractivity contribution in [3.63, 3.8) is 0 Å². The van der Waals surface area contributed by atoms with E-state index in [1.807, 2.05) is 24.3 Å². The number of hydrogen-bond acceptors (Lipinski definition) is 3. The van der Waals surface area contributed by atoms with Crippen LogP contribution in [0.5, 0.6) is 11.5 Å². The standard InChI is InChI=1S/C14H13Br2NO2/c1-19-11-3-4-12(16)13(7-11)17-8-9-6-10(15)2-5-14(9)18/h2-7,17-18H,8H2,1H3. The van der Waals surface area contributed by atoms with Gasteiger partial charge < -0.3 is 15.2 Å². The normalized spacial score (nSPS) is 10.3. The number of halogens is 2. The van der Waals surface area contributed by atoms with Gasteiger partial charge in [0.2, 0.25) is 0 Å². The second-order valence-electron chi connectivity index (χ2n) is 3.97. The van der Waals surface area contributed by atoms with E-state index in [1.54, 1.807) is 19.2 Å². The second kappa shape index (κ2) is 6.30. The molecule has 0 aliphatic heterocycles. The van der Waals surface area contributed by atoms with Crippen LogP contribution in [0.1, 0.15) is 5.56 Å². The van der Waals surface area contributed by atoms with Crippen LogP contribution in [0, 0.1) is 0 Å². The Labute approximate surface area is 128 Å². The maximum absolute atomic E-state index is 9.79. The molecule has 0 fully saturated rings. The zero-order chi connectivity index (χ0) is 13.8. The van der Waals surface area contributed by atoms with Crippen LogP contribution in [-0.4, -0.2) is 12.2 Å². The summed E-state index contributed by atoms with van der Waals surface area (Å²) in [5.41, 5.74) is 1.74. The van der Waals surface area contributed by atoms with Gasteiger partial charge in [0.25, 0.3) is 0 Å². The quantitative estimate of drug-likeness (QED) is 0.810. The lowest BCUT2D eigenvalue weighted by atomic mass is 10.2. The third kappa shape index (κ3) is 3.64.